The molecule has 2 nitrogen and oxygen atoms in total. The van der Waals surface area contributed by atoms with Crippen LogP contribution in [0.3, 0.4) is 0 Å². The van der Waals surface area contributed by atoms with Crippen molar-refractivity contribution >= 4 is 54.4 Å². The second-order valence-electron chi connectivity index (χ2n) is 12.5. The first kappa shape index (κ1) is 26.8. The predicted molar refractivity (Wildman–Crippen MR) is 203 cm³/mol. The third-order valence-corrected chi connectivity index (χ3v) is 9.92. The van der Waals surface area contributed by atoms with Crippen LogP contribution in [-0.4, -0.2) is 9.13 Å². The van der Waals surface area contributed by atoms with E-state index in [0.29, 0.717) is 0 Å². The Labute approximate surface area is 278 Å². The van der Waals surface area contributed by atoms with Crippen LogP contribution in [0.2, 0.25) is 0 Å². The van der Waals surface area contributed by atoms with Crippen LogP contribution in [0.25, 0.3) is 88.0 Å². The van der Waals surface area contributed by atoms with Gasteiger partial charge in [-0.3, -0.25) is 0 Å². The molecule has 0 aliphatic rings. The lowest BCUT2D eigenvalue weighted by Gasteiger charge is -2.11. The van der Waals surface area contributed by atoms with E-state index in [0.717, 1.165) is 11.4 Å². The third kappa shape index (κ3) is 4.00. The summed E-state index contributed by atoms with van der Waals surface area (Å²) in [6.45, 7) is 0. The molecule has 0 fully saturated rings. The van der Waals surface area contributed by atoms with Crippen molar-refractivity contribution in [1.29, 1.82) is 0 Å². The second-order valence-corrected chi connectivity index (χ2v) is 12.5. The van der Waals surface area contributed by atoms with Crippen molar-refractivity contribution < 1.29 is 0 Å². The van der Waals surface area contributed by atoms with E-state index in [1.165, 1.54) is 76.6 Å². The number of fused-ring (bicyclic) bond motifs is 9. The normalized spacial score (nSPS) is 11.8. The van der Waals surface area contributed by atoms with Crippen LogP contribution in [0, 0.1) is 0 Å². The van der Waals surface area contributed by atoms with E-state index in [2.05, 4.69) is 191 Å². The fourth-order valence-corrected chi connectivity index (χ4v) is 7.75. The van der Waals surface area contributed by atoms with Gasteiger partial charge in [0.15, 0.2) is 0 Å². The Kier molecular flexibility index (Phi) is 5.91. The zero-order valence-corrected chi connectivity index (χ0v) is 26.2. The summed E-state index contributed by atoms with van der Waals surface area (Å²) in [7, 11) is 0. The van der Waals surface area contributed by atoms with Crippen LogP contribution in [0.15, 0.2) is 182 Å². The highest BCUT2D eigenvalue weighted by Crippen LogP contribution is 2.44. The first-order valence-electron chi connectivity index (χ1n) is 16.5. The van der Waals surface area contributed by atoms with Gasteiger partial charge in [0.2, 0.25) is 0 Å². The van der Waals surface area contributed by atoms with Gasteiger partial charge in [0.05, 0.1) is 22.1 Å². The van der Waals surface area contributed by atoms with Crippen LogP contribution in [0.1, 0.15) is 0 Å². The lowest BCUT2D eigenvalue weighted by atomic mass is 10.0. The van der Waals surface area contributed by atoms with E-state index in [4.69, 9.17) is 0 Å². The lowest BCUT2D eigenvalue weighted by molar-refractivity contribution is 1.17. The summed E-state index contributed by atoms with van der Waals surface area (Å²) in [6, 6.07) is 66.1. The Morgan fingerprint density at radius 2 is 0.667 bits per heavy atom. The van der Waals surface area contributed by atoms with Crippen molar-refractivity contribution in [1.82, 2.24) is 9.13 Å². The monoisotopic (exact) mass is 610 g/mol. The molecule has 10 aromatic rings. The van der Waals surface area contributed by atoms with Gasteiger partial charge >= 0.3 is 0 Å². The summed E-state index contributed by atoms with van der Waals surface area (Å²) in [5, 5.41) is 7.66. The number of benzene rings is 8. The first-order valence-corrected chi connectivity index (χ1v) is 16.5. The number of nitrogens with zero attached hydrogens (tertiary/aromatic N) is 2. The second kappa shape index (κ2) is 10.6. The predicted octanol–water partition coefficient (Wildman–Crippen LogP) is 12.4. The van der Waals surface area contributed by atoms with Gasteiger partial charge in [-0.15, -0.1) is 0 Å². The molecule has 2 aromatic heterocycles. The van der Waals surface area contributed by atoms with Gasteiger partial charge < -0.3 is 9.13 Å². The SMILES string of the molecule is c1ccc(-c2ccc(-n3c4ccccc4c4c5c6c7ccccc7ccc6n(-c6ccc(-c7ccccc7)cc6)c5ccc43)cc2)cc1. The molecule has 224 valence electrons. The van der Waals surface area contributed by atoms with Gasteiger partial charge in [0.1, 0.15) is 0 Å². The summed E-state index contributed by atoms with van der Waals surface area (Å²) in [4.78, 5) is 0. The third-order valence-electron chi connectivity index (χ3n) is 9.92. The van der Waals surface area contributed by atoms with Crippen LogP contribution in [0.5, 0.6) is 0 Å². The zero-order valence-electron chi connectivity index (χ0n) is 26.2. The maximum absolute atomic E-state index is 2.45. The Balaban J connectivity index is 1.28. The van der Waals surface area contributed by atoms with E-state index < -0.39 is 0 Å². The van der Waals surface area contributed by atoms with Gasteiger partial charge in [0, 0.05) is 32.9 Å². The number of hydrogen-bond acceptors (Lipinski definition) is 0. The summed E-state index contributed by atoms with van der Waals surface area (Å²) < 4.78 is 4.88. The number of aromatic nitrogens is 2. The van der Waals surface area contributed by atoms with Crippen molar-refractivity contribution in [2.24, 2.45) is 0 Å². The highest BCUT2D eigenvalue weighted by atomic mass is 15.0. The number of para-hydroxylation sites is 1. The van der Waals surface area contributed by atoms with Crippen LogP contribution in [0.4, 0.5) is 0 Å². The van der Waals surface area contributed by atoms with Gasteiger partial charge in [0.25, 0.3) is 0 Å². The fraction of sp³-hybridized carbons (Fsp3) is 0. The van der Waals surface area contributed by atoms with Gasteiger partial charge in [-0.1, -0.05) is 133 Å². The minimum atomic E-state index is 1.16. The van der Waals surface area contributed by atoms with Crippen molar-refractivity contribution in [3.8, 4) is 33.6 Å². The number of hydrogen-bond donors (Lipinski definition) is 0. The van der Waals surface area contributed by atoms with Gasteiger partial charge in [-0.05, 0) is 81.6 Å². The molecule has 0 bridgehead atoms. The molecule has 2 heterocycles. The molecule has 0 unspecified atom stereocenters. The molecule has 0 saturated heterocycles. The molecular formula is C46H30N2. The molecule has 2 heteroatoms. The molecule has 48 heavy (non-hydrogen) atoms. The van der Waals surface area contributed by atoms with Gasteiger partial charge in [-0.2, -0.15) is 0 Å². The average molecular weight is 611 g/mol. The first-order chi connectivity index (χ1) is 23.8. The molecule has 10 rings (SSSR count). The minimum absolute atomic E-state index is 1.16. The highest BCUT2D eigenvalue weighted by molar-refractivity contribution is 6.33. The van der Waals surface area contributed by atoms with E-state index >= 15 is 0 Å². The van der Waals surface area contributed by atoms with Crippen molar-refractivity contribution in [3.05, 3.63) is 182 Å². The molecule has 0 aliphatic carbocycles. The fourth-order valence-electron chi connectivity index (χ4n) is 7.75. The molecule has 0 radical (unpaired) electrons. The summed E-state index contributed by atoms with van der Waals surface area (Å²) >= 11 is 0. The molecule has 0 spiro atoms. The van der Waals surface area contributed by atoms with Crippen molar-refractivity contribution in [2.45, 2.75) is 0 Å². The molecule has 8 aromatic carbocycles. The maximum atomic E-state index is 2.45. The van der Waals surface area contributed by atoms with Gasteiger partial charge in [-0.25, -0.2) is 0 Å². The molecular weight excluding hydrogens is 581 g/mol. The Hall–Kier alpha value is -6.38. The Bertz CT molecular complexity index is 2780. The Morgan fingerprint density at radius 1 is 0.250 bits per heavy atom. The standard InChI is InChI=1S/C46H30N2/c1-3-11-31(12-4-1)33-19-24-36(25-20-33)47-40-18-10-9-17-39(40)45-42(47)29-30-43-46(45)44-38-16-8-7-15-35(38)23-28-41(44)48(43)37-26-21-34(22-27-37)32-13-5-2-6-14-32/h1-30H. The van der Waals surface area contributed by atoms with Crippen LogP contribution >= 0.6 is 0 Å². The molecule has 0 atom stereocenters. The average Bonchev–Trinajstić information content (AvgIpc) is 3.69. The lowest BCUT2D eigenvalue weighted by Crippen LogP contribution is -1.95. The molecule has 0 amide bonds. The maximum Gasteiger partial charge on any atom is 0.0549 e. The topological polar surface area (TPSA) is 9.86 Å². The molecule has 0 saturated carbocycles. The van der Waals surface area contributed by atoms with E-state index in [1.807, 2.05) is 0 Å². The Morgan fingerprint density at radius 3 is 1.27 bits per heavy atom. The largest absolute Gasteiger partial charge is 0.309 e. The number of rotatable bonds is 4. The summed E-state index contributed by atoms with van der Waals surface area (Å²) in [6.07, 6.45) is 0. The molecule has 0 aliphatic heterocycles. The zero-order chi connectivity index (χ0) is 31.6. The summed E-state index contributed by atoms with van der Waals surface area (Å²) in [5.41, 5.74) is 12.0. The van der Waals surface area contributed by atoms with Crippen LogP contribution in [-0.2, 0) is 0 Å². The minimum Gasteiger partial charge on any atom is -0.309 e. The summed E-state index contributed by atoms with van der Waals surface area (Å²) in [5.74, 6) is 0. The highest BCUT2D eigenvalue weighted by Gasteiger charge is 2.21. The van der Waals surface area contributed by atoms with Crippen LogP contribution < -0.4 is 0 Å². The van der Waals surface area contributed by atoms with E-state index in [9.17, 15) is 0 Å². The van der Waals surface area contributed by atoms with Crippen molar-refractivity contribution in [3.63, 3.8) is 0 Å². The van der Waals surface area contributed by atoms with Crippen molar-refractivity contribution in [2.75, 3.05) is 0 Å². The van der Waals surface area contributed by atoms with E-state index in [-0.39, 0.29) is 0 Å². The van der Waals surface area contributed by atoms with E-state index in [1.54, 1.807) is 0 Å². The smallest absolute Gasteiger partial charge is 0.0549 e. The molecule has 0 N–H and O–H groups in total. The quantitative estimate of drug-likeness (QED) is 0.188.